The molecule has 2 heterocycles. The number of aliphatic hydroxyl groups is 1. The van der Waals surface area contributed by atoms with E-state index in [0.29, 0.717) is 18.7 Å². The van der Waals surface area contributed by atoms with Gasteiger partial charge >= 0.3 is 17.7 Å². The summed E-state index contributed by atoms with van der Waals surface area (Å²) in [7, 11) is 0. The van der Waals surface area contributed by atoms with Crippen LogP contribution in [-0.2, 0) is 24.0 Å². The minimum Gasteiger partial charge on any atom is -0.388 e. The summed E-state index contributed by atoms with van der Waals surface area (Å²) >= 11 is 0. The van der Waals surface area contributed by atoms with E-state index in [-0.39, 0.29) is 24.7 Å². The molecular weight excluding hydrogens is 440 g/mol. The second-order valence-electron chi connectivity index (χ2n) is 9.01. The summed E-state index contributed by atoms with van der Waals surface area (Å²) in [6.45, 7) is 5.15. The maximum absolute atomic E-state index is 13.2. The summed E-state index contributed by atoms with van der Waals surface area (Å²) in [6, 6.07) is 3.40. The number of rotatable bonds is 7. The Hall–Kier alpha value is -3.40. The van der Waals surface area contributed by atoms with Crippen molar-refractivity contribution in [2.45, 2.75) is 52.1 Å². The van der Waals surface area contributed by atoms with Crippen molar-refractivity contribution in [3.05, 3.63) is 29.3 Å². The molecule has 1 aromatic carbocycles. The molecule has 4 N–H and O–H groups in total. The lowest BCUT2D eigenvalue weighted by molar-refractivity contribution is -0.479. The summed E-state index contributed by atoms with van der Waals surface area (Å²) in [6.07, 6.45) is 2.45. The van der Waals surface area contributed by atoms with Gasteiger partial charge in [0.2, 0.25) is 17.7 Å². The zero-order chi connectivity index (χ0) is 25.0. The molecule has 0 aliphatic carbocycles. The quantitative estimate of drug-likeness (QED) is 0.321. The third-order valence-electron chi connectivity index (χ3n) is 6.34. The van der Waals surface area contributed by atoms with Crippen LogP contribution in [0.1, 0.15) is 37.3 Å². The topological polar surface area (TPSA) is 145 Å². The van der Waals surface area contributed by atoms with Crippen LogP contribution in [-0.4, -0.2) is 70.5 Å². The molecule has 0 bridgehead atoms. The fraction of sp³-hybridized carbons (Fsp3) is 0.500. The summed E-state index contributed by atoms with van der Waals surface area (Å²) in [5, 5.41) is 17.3. The largest absolute Gasteiger partial charge is 0.409 e. The van der Waals surface area contributed by atoms with Crippen LogP contribution < -0.4 is 16.0 Å². The first-order valence-electron chi connectivity index (χ1n) is 11.4. The highest BCUT2D eigenvalue weighted by molar-refractivity contribution is 6.40. The minimum absolute atomic E-state index is 0.0773. The summed E-state index contributed by atoms with van der Waals surface area (Å²) in [5.41, 5.74) is 2.13. The van der Waals surface area contributed by atoms with Crippen molar-refractivity contribution in [2.75, 3.05) is 18.5 Å². The van der Waals surface area contributed by atoms with Gasteiger partial charge in [0.25, 0.3) is 0 Å². The zero-order valence-electron chi connectivity index (χ0n) is 19.6. The molecule has 10 nitrogen and oxygen atoms in total. The second-order valence-corrected chi connectivity index (χ2v) is 9.01. The molecule has 0 spiro atoms. The maximum atomic E-state index is 13.2. The number of nitrogens with zero attached hydrogens (tertiary/aromatic N) is 1. The molecule has 4 atom stereocenters. The van der Waals surface area contributed by atoms with E-state index in [1.165, 1.54) is 4.58 Å². The fourth-order valence-corrected chi connectivity index (χ4v) is 4.49. The molecule has 34 heavy (non-hydrogen) atoms. The van der Waals surface area contributed by atoms with E-state index < -0.39 is 48.1 Å². The van der Waals surface area contributed by atoms with Crippen LogP contribution in [0, 0.1) is 25.7 Å². The number of hydrogen-bond acceptors (Lipinski definition) is 6. The third-order valence-corrected chi connectivity index (χ3v) is 6.34. The normalized spacial score (nSPS) is 23.1. The summed E-state index contributed by atoms with van der Waals surface area (Å²) in [5.74, 6) is -3.85. The second kappa shape index (κ2) is 10.7. The van der Waals surface area contributed by atoms with E-state index in [4.69, 9.17) is 0 Å². The van der Waals surface area contributed by atoms with Crippen LogP contribution in [0.4, 0.5) is 5.69 Å². The Balaban J connectivity index is 1.75. The molecule has 10 heteroatoms. The van der Waals surface area contributed by atoms with Gasteiger partial charge in [0.1, 0.15) is 6.61 Å². The molecule has 0 aromatic heterocycles. The highest BCUT2D eigenvalue weighted by Gasteiger charge is 2.45. The molecule has 2 aliphatic rings. The lowest BCUT2D eigenvalue weighted by Crippen LogP contribution is -2.56. The lowest BCUT2D eigenvalue weighted by Gasteiger charge is -2.25. The molecule has 0 radical (unpaired) electrons. The van der Waals surface area contributed by atoms with Gasteiger partial charge in [-0.1, -0.05) is 25.1 Å². The smallest absolute Gasteiger partial charge is 0.388 e. The van der Waals surface area contributed by atoms with Crippen molar-refractivity contribution in [3.63, 3.8) is 0 Å². The van der Waals surface area contributed by atoms with Gasteiger partial charge in [0.15, 0.2) is 12.3 Å². The Kier molecular flexibility index (Phi) is 7.93. The van der Waals surface area contributed by atoms with Gasteiger partial charge in [-0.2, -0.15) is 4.58 Å². The monoisotopic (exact) mass is 471 g/mol. The number of aryl methyl sites for hydroxylation is 2. The van der Waals surface area contributed by atoms with Gasteiger partial charge in [-0.3, -0.25) is 19.2 Å². The van der Waals surface area contributed by atoms with E-state index in [2.05, 4.69) is 16.0 Å². The van der Waals surface area contributed by atoms with Gasteiger partial charge in [-0.05, 0) is 37.8 Å². The van der Waals surface area contributed by atoms with Gasteiger partial charge in [0.05, 0.1) is 0 Å². The van der Waals surface area contributed by atoms with Crippen LogP contribution in [0.15, 0.2) is 18.2 Å². The van der Waals surface area contributed by atoms with E-state index in [1.54, 1.807) is 6.21 Å². The number of Topliss-reactive ketones (excluding diaryl/α,β-unsaturated/α-hetero) is 1. The van der Waals surface area contributed by atoms with Crippen LogP contribution in [0.5, 0.6) is 0 Å². The van der Waals surface area contributed by atoms with Gasteiger partial charge in [-0.25, -0.2) is 4.79 Å². The van der Waals surface area contributed by atoms with E-state index in [0.717, 1.165) is 11.1 Å². The Morgan fingerprint density at radius 3 is 2.44 bits per heavy atom. The molecule has 4 amide bonds. The van der Waals surface area contributed by atoms with Gasteiger partial charge in [0, 0.05) is 30.5 Å². The number of nitrogens with one attached hydrogen (secondary N) is 3. The number of hydrogen-bond donors (Lipinski definition) is 4. The number of ketones is 1. The number of aliphatic hydroxyl groups excluding tert-OH is 1. The molecule has 3 rings (SSSR count). The molecule has 0 saturated carbocycles. The molecule has 1 fully saturated rings. The molecular formula is C24H31N4O6+. The SMILES string of the molecule is Cc1cccc(C)c1NC(=O)C(=O)N[C@H]1CC(C)C=[N+](C(C[C@@H]2CCNC2=O)C(=O)CO)C1=O. The minimum atomic E-state index is -1.03. The maximum Gasteiger partial charge on any atom is 0.409 e. The molecule has 2 unspecified atom stereocenters. The lowest BCUT2D eigenvalue weighted by atomic mass is 9.92. The van der Waals surface area contributed by atoms with Crippen LogP contribution in [0.3, 0.4) is 0 Å². The van der Waals surface area contributed by atoms with Crippen LogP contribution in [0.25, 0.3) is 0 Å². The first-order valence-corrected chi connectivity index (χ1v) is 11.4. The Morgan fingerprint density at radius 1 is 1.18 bits per heavy atom. The highest BCUT2D eigenvalue weighted by Crippen LogP contribution is 2.22. The molecule has 2 aliphatic heterocycles. The van der Waals surface area contributed by atoms with E-state index in [9.17, 15) is 29.1 Å². The van der Waals surface area contributed by atoms with Gasteiger partial charge < -0.3 is 21.1 Å². The van der Waals surface area contributed by atoms with Crippen molar-refractivity contribution >= 4 is 41.3 Å². The number of carbonyl (C=O) groups excluding carboxylic acids is 5. The number of carbonyl (C=O) groups is 5. The first kappa shape index (κ1) is 25.2. The highest BCUT2D eigenvalue weighted by atomic mass is 16.3. The Bertz CT molecular complexity index is 1030. The number of benzene rings is 1. The average Bonchev–Trinajstić information content (AvgIpc) is 3.20. The Labute approximate surface area is 197 Å². The van der Waals surface area contributed by atoms with Crippen molar-refractivity contribution < 1.29 is 33.7 Å². The van der Waals surface area contributed by atoms with E-state index >= 15 is 0 Å². The predicted molar refractivity (Wildman–Crippen MR) is 123 cm³/mol. The first-order chi connectivity index (χ1) is 16.1. The van der Waals surface area contributed by atoms with Crippen LogP contribution >= 0.6 is 0 Å². The van der Waals surface area contributed by atoms with Crippen molar-refractivity contribution in [3.8, 4) is 0 Å². The molecule has 1 aromatic rings. The number of amides is 4. The van der Waals surface area contributed by atoms with Crippen molar-refractivity contribution in [2.24, 2.45) is 11.8 Å². The average molecular weight is 472 g/mol. The van der Waals surface area contributed by atoms with E-state index in [1.807, 2.05) is 39.0 Å². The zero-order valence-corrected chi connectivity index (χ0v) is 19.6. The summed E-state index contributed by atoms with van der Waals surface area (Å²) < 4.78 is 1.21. The third kappa shape index (κ3) is 5.56. The Morgan fingerprint density at radius 2 is 1.85 bits per heavy atom. The number of para-hydroxylation sites is 1. The van der Waals surface area contributed by atoms with Crippen molar-refractivity contribution in [1.29, 1.82) is 0 Å². The predicted octanol–water partition coefficient (Wildman–Crippen LogP) is -0.167. The standard InChI is InChI=1S/C24H30N4O6/c1-13-9-17(26-22(32)23(33)27-20-14(2)5-4-6-15(20)3)24(34)28(11-13)18(19(30)12-29)10-16-7-8-25-21(16)31/h4-6,11,13,16-18,29H,7-10,12H2,1-3H3,(H2-,25,26,27,31,32,33)/p+1/t13?,16-,17-,18?/m0/s1. The fourth-order valence-electron chi connectivity index (χ4n) is 4.49. The molecule has 182 valence electrons. The van der Waals surface area contributed by atoms with Gasteiger partial charge in [-0.15, -0.1) is 0 Å². The molecule has 1 saturated heterocycles. The number of anilines is 1. The van der Waals surface area contributed by atoms with Crippen LogP contribution in [0.2, 0.25) is 0 Å². The summed E-state index contributed by atoms with van der Waals surface area (Å²) in [4.78, 5) is 62.9. The van der Waals surface area contributed by atoms with Crippen molar-refractivity contribution in [1.82, 2.24) is 10.6 Å².